The molecule has 0 atom stereocenters. The van der Waals surface area contributed by atoms with Crippen LogP contribution in [0.4, 0.5) is 4.39 Å². The number of amides is 1. The molecule has 1 aromatic heterocycles. The number of fused-ring (bicyclic) bond motifs is 1. The highest BCUT2D eigenvalue weighted by Crippen LogP contribution is 2.24. The molecule has 0 saturated heterocycles. The molecule has 1 N–H and O–H groups in total. The van der Waals surface area contributed by atoms with E-state index >= 15 is 0 Å². The van der Waals surface area contributed by atoms with Crippen LogP contribution in [0.1, 0.15) is 15.9 Å². The zero-order chi connectivity index (χ0) is 19.3. The van der Waals surface area contributed by atoms with E-state index in [-0.39, 0.29) is 5.91 Å². The van der Waals surface area contributed by atoms with Crippen LogP contribution in [0.15, 0.2) is 90.0 Å². The molecule has 0 aliphatic heterocycles. The minimum Gasteiger partial charge on any atom is -0.267 e. The van der Waals surface area contributed by atoms with Crippen molar-refractivity contribution >= 4 is 23.0 Å². The average molecular weight is 369 g/mol. The minimum atomic E-state index is -0.402. The summed E-state index contributed by atoms with van der Waals surface area (Å²) in [5, 5.41) is 4.63. The Kier molecular flexibility index (Phi) is 4.89. The molecule has 0 aliphatic carbocycles. The van der Waals surface area contributed by atoms with Gasteiger partial charge in [0.25, 0.3) is 5.91 Å². The molecular formula is C23H16FN3O. The Balaban J connectivity index is 1.69. The number of carbonyl (C=O) groups excluding carboxylic acids is 1. The number of aromatic nitrogens is 1. The highest BCUT2D eigenvalue weighted by atomic mass is 19.1. The maximum atomic E-state index is 13.7. The first-order valence-electron chi connectivity index (χ1n) is 8.75. The summed E-state index contributed by atoms with van der Waals surface area (Å²) >= 11 is 0. The largest absolute Gasteiger partial charge is 0.272 e. The van der Waals surface area contributed by atoms with Gasteiger partial charge in [0, 0.05) is 16.5 Å². The van der Waals surface area contributed by atoms with Gasteiger partial charge >= 0.3 is 0 Å². The van der Waals surface area contributed by atoms with Crippen LogP contribution in [0.2, 0.25) is 0 Å². The van der Waals surface area contributed by atoms with Crippen LogP contribution in [-0.4, -0.2) is 17.1 Å². The number of pyridine rings is 1. The summed E-state index contributed by atoms with van der Waals surface area (Å²) in [5.74, 6) is -0.787. The summed E-state index contributed by atoms with van der Waals surface area (Å²) in [6, 6.07) is 25.0. The van der Waals surface area contributed by atoms with Gasteiger partial charge in [-0.25, -0.2) is 14.8 Å². The Morgan fingerprint density at radius 2 is 1.64 bits per heavy atom. The molecule has 28 heavy (non-hydrogen) atoms. The van der Waals surface area contributed by atoms with Crippen LogP contribution < -0.4 is 5.43 Å². The van der Waals surface area contributed by atoms with Gasteiger partial charge in [0.2, 0.25) is 0 Å². The number of carbonyl (C=O) groups is 1. The van der Waals surface area contributed by atoms with Crippen molar-refractivity contribution in [2.75, 3.05) is 0 Å². The normalized spacial score (nSPS) is 11.0. The fourth-order valence-electron chi connectivity index (χ4n) is 2.92. The fourth-order valence-corrected chi connectivity index (χ4v) is 2.92. The second-order valence-corrected chi connectivity index (χ2v) is 6.16. The van der Waals surface area contributed by atoms with Gasteiger partial charge in [-0.3, -0.25) is 4.79 Å². The van der Waals surface area contributed by atoms with E-state index in [4.69, 9.17) is 0 Å². The summed E-state index contributed by atoms with van der Waals surface area (Å²) in [6.45, 7) is 0. The summed E-state index contributed by atoms with van der Waals surface area (Å²) in [7, 11) is 0. The topological polar surface area (TPSA) is 54.4 Å². The first-order valence-corrected chi connectivity index (χ1v) is 8.75. The highest BCUT2D eigenvalue weighted by molar-refractivity contribution is 6.07. The molecule has 1 amide bonds. The average Bonchev–Trinajstić information content (AvgIpc) is 2.75. The van der Waals surface area contributed by atoms with Gasteiger partial charge in [0.15, 0.2) is 0 Å². The molecule has 1 heterocycles. The molecule has 0 saturated carbocycles. The van der Waals surface area contributed by atoms with E-state index in [1.807, 2.05) is 54.6 Å². The van der Waals surface area contributed by atoms with Crippen LogP contribution in [0, 0.1) is 5.82 Å². The number of hydrogen-bond donors (Lipinski definition) is 1. The van der Waals surface area contributed by atoms with E-state index < -0.39 is 5.82 Å². The predicted molar refractivity (Wildman–Crippen MR) is 109 cm³/mol. The Bertz CT molecular complexity index is 1170. The second kappa shape index (κ2) is 7.80. The van der Waals surface area contributed by atoms with Crippen LogP contribution in [-0.2, 0) is 0 Å². The maximum absolute atomic E-state index is 13.7. The van der Waals surface area contributed by atoms with Crippen molar-refractivity contribution in [1.82, 2.24) is 10.4 Å². The van der Waals surface area contributed by atoms with E-state index in [0.717, 1.165) is 10.9 Å². The van der Waals surface area contributed by atoms with Crippen molar-refractivity contribution < 1.29 is 9.18 Å². The standard InChI is InChI=1S/C23H16FN3O/c24-20-12-6-4-10-17(20)15-25-27-23(28)19-14-22(16-8-2-1-3-9-16)26-21-13-7-5-11-18(19)21/h1-15H,(H,27,28). The predicted octanol–water partition coefficient (Wildman–Crippen LogP) is 4.80. The number of rotatable bonds is 4. The first kappa shape index (κ1) is 17.5. The van der Waals surface area contributed by atoms with Crippen molar-refractivity contribution in [2.45, 2.75) is 0 Å². The van der Waals surface area contributed by atoms with E-state index in [9.17, 15) is 9.18 Å². The first-order chi connectivity index (χ1) is 13.7. The Hall–Kier alpha value is -3.86. The SMILES string of the molecule is O=C(NN=Cc1ccccc1F)c1cc(-c2ccccc2)nc2ccccc12. The van der Waals surface area contributed by atoms with Gasteiger partial charge in [-0.1, -0.05) is 66.7 Å². The molecule has 0 unspecified atom stereocenters. The van der Waals surface area contributed by atoms with Gasteiger partial charge in [0.05, 0.1) is 23.0 Å². The van der Waals surface area contributed by atoms with Crippen LogP contribution in [0.5, 0.6) is 0 Å². The van der Waals surface area contributed by atoms with Crippen molar-refractivity contribution in [2.24, 2.45) is 5.10 Å². The maximum Gasteiger partial charge on any atom is 0.272 e. The molecule has 0 spiro atoms. The molecule has 0 aliphatic rings. The third kappa shape index (κ3) is 3.64. The second-order valence-electron chi connectivity index (χ2n) is 6.16. The number of nitrogens with one attached hydrogen (secondary N) is 1. The lowest BCUT2D eigenvalue weighted by Crippen LogP contribution is -2.18. The zero-order valence-corrected chi connectivity index (χ0v) is 14.8. The lowest BCUT2D eigenvalue weighted by atomic mass is 10.0. The van der Waals surface area contributed by atoms with Crippen molar-refractivity contribution in [3.63, 3.8) is 0 Å². The van der Waals surface area contributed by atoms with Gasteiger partial charge in [-0.05, 0) is 18.2 Å². The third-order valence-corrected chi connectivity index (χ3v) is 4.31. The van der Waals surface area contributed by atoms with Gasteiger partial charge < -0.3 is 0 Å². The number of nitrogens with zero attached hydrogens (tertiary/aromatic N) is 2. The number of hydrazone groups is 1. The van der Waals surface area contributed by atoms with E-state index in [2.05, 4.69) is 15.5 Å². The summed E-state index contributed by atoms with van der Waals surface area (Å²) in [5.41, 5.74) is 5.56. The van der Waals surface area contributed by atoms with Gasteiger partial charge in [-0.2, -0.15) is 5.10 Å². The van der Waals surface area contributed by atoms with Crippen molar-refractivity contribution in [3.05, 3.63) is 102 Å². The van der Waals surface area contributed by atoms with E-state index in [1.54, 1.807) is 24.3 Å². The molecule has 0 fully saturated rings. The molecule has 3 aromatic carbocycles. The molecule has 136 valence electrons. The lowest BCUT2D eigenvalue weighted by Gasteiger charge is -2.09. The summed E-state index contributed by atoms with van der Waals surface area (Å²) < 4.78 is 13.7. The molecule has 5 heteroatoms. The lowest BCUT2D eigenvalue weighted by molar-refractivity contribution is 0.0956. The number of hydrogen-bond acceptors (Lipinski definition) is 3. The Morgan fingerprint density at radius 1 is 0.929 bits per heavy atom. The fraction of sp³-hybridized carbons (Fsp3) is 0. The molecule has 0 radical (unpaired) electrons. The van der Waals surface area contributed by atoms with Crippen LogP contribution in [0.25, 0.3) is 22.2 Å². The highest BCUT2D eigenvalue weighted by Gasteiger charge is 2.13. The number of para-hydroxylation sites is 1. The number of halogens is 1. The van der Waals surface area contributed by atoms with Crippen molar-refractivity contribution in [1.29, 1.82) is 0 Å². The van der Waals surface area contributed by atoms with Gasteiger partial charge in [0.1, 0.15) is 5.82 Å². The molecule has 4 aromatic rings. The van der Waals surface area contributed by atoms with E-state index in [1.165, 1.54) is 12.3 Å². The number of benzene rings is 3. The molecule has 4 nitrogen and oxygen atoms in total. The smallest absolute Gasteiger partial charge is 0.267 e. The molecular weight excluding hydrogens is 353 g/mol. The Morgan fingerprint density at radius 3 is 2.46 bits per heavy atom. The monoisotopic (exact) mass is 369 g/mol. The van der Waals surface area contributed by atoms with Crippen molar-refractivity contribution in [3.8, 4) is 11.3 Å². The quantitative estimate of drug-likeness (QED) is 0.415. The molecule has 0 bridgehead atoms. The zero-order valence-electron chi connectivity index (χ0n) is 14.8. The van der Waals surface area contributed by atoms with Gasteiger partial charge in [-0.15, -0.1) is 0 Å². The summed E-state index contributed by atoms with van der Waals surface area (Å²) in [6.07, 6.45) is 1.29. The van der Waals surface area contributed by atoms with E-state index in [0.29, 0.717) is 22.3 Å². The van der Waals surface area contributed by atoms with Crippen LogP contribution in [0.3, 0.4) is 0 Å². The Labute approximate surface area is 161 Å². The summed E-state index contributed by atoms with van der Waals surface area (Å²) in [4.78, 5) is 17.4. The minimum absolute atomic E-state index is 0.298. The van der Waals surface area contributed by atoms with Crippen LogP contribution >= 0.6 is 0 Å². The third-order valence-electron chi connectivity index (χ3n) is 4.31. The molecule has 4 rings (SSSR count).